The van der Waals surface area contributed by atoms with E-state index in [0.717, 1.165) is 50.0 Å². The van der Waals surface area contributed by atoms with Gasteiger partial charge in [-0.1, -0.05) is 0 Å². The summed E-state index contributed by atoms with van der Waals surface area (Å²) in [5.74, 6) is -0.104. The average Bonchev–Trinajstić information content (AvgIpc) is 3.19. The zero-order valence-electron chi connectivity index (χ0n) is 15.9. The molecule has 0 unspecified atom stereocenters. The van der Waals surface area contributed by atoms with Crippen LogP contribution >= 0.6 is 0 Å². The van der Waals surface area contributed by atoms with Crippen LogP contribution in [0.4, 0.5) is 0 Å². The summed E-state index contributed by atoms with van der Waals surface area (Å²) in [5.41, 5.74) is 2.39. The van der Waals surface area contributed by atoms with Crippen molar-refractivity contribution >= 4 is 17.7 Å². The monoisotopic (exact) mass is 373 g/mol. The number of aromatic nitrogens is 2. The highest BCUT2D eigenvalue weighted by Gasteiger charge is 2.32. The maximum absolute atomic E-state index is 12.8. The summed E-state index contributed by atoms with van der Waals surface area (Å²) in [4.78, 5) is 40.8. The third kappa shape index (κ3) is 3.84. The molecule has 1 saturated carbocycles. The molecular formula is C19H27N5O3. The fraction of sp³-hybridized carbons (Fsp3) is 0.684. The van der Waals surface area contributed by atoms with E-state index in [2.05, 4.69) is 10.4 Å². The lowest BCUT2D eigenvalue weighted by Gasteiger charge is -2.28. The number of nitrogens with one attached hydrogen (secondary N) is 1. The third-order valence-electron chi connectivity index (χ3n) is 5.70. The standard InChI is InChI=1S/C19H27N5O3/c1-22-15-8-11-24(17(26)7-6-16(25)20-13-4-5-13)12-14(15)18(21-22)19(27)23-9-2-3-10-23/h13H,2-12H2,1H3,(H,20,25). The molecule has 3 heterocycles. The Labute approximate surface area is 158 Å². The molecule has 4 rings (SSSR count). The maximum atomic E-state index is 12.8. The molecule has 2 fully saturated rings. The van der Waals surface area contributed by atoms with Gasteiger partial charge >= 0.3 is 0 Å². The number of hydrogen-bond donors (Lipinski definition) is 1. The lowest BCUT2D eigenvalue weighted by molar-refractivity contribution is -0.134. The molecule has 0 radical (unpaired) electrons. The van der Waals surface area contributed by atoms with Crippen LogP contribution in [0.1, 0.15) is 60.3 Å². The summed E-state index contributed by atoms with van der Waals surface area (Å²) in [6.45, 7) is 2.57. The molecule has 1 aromatic rings. The molecule has 0 spiro atoms. The second-order valence-corrected chi connectivity index (χ2v) is 7.80. The Morgan fingerprint density at radius 2 is 1.81 bits per heavy atom. The third-order valence-corrected chi connectivity index (χ3v) is 5.70. The lowest BCUT2D eigenvalue weighted by atomic mass is 10.0. The molecule has 1 N–H and O–H groups in total. The molecule has 146 valence electrons. The van der Waals surface area contributed by atoms with Crippen LogP contribution in [0.3, 0.4) is 0 Å². The molecule has 3 aliphatic rings. The molecule has 3 amide bonds. The number of carbonyl (C=O) groups excluding carboxylic acids is 3. The number of fused-ring (bicyclic) bond motifs is 1. The fourth-order valence-electron chi connectivity index (χ4n) is 3.95. The van der Waals surface area contributed by atoms with Gasteiger partial charge in [0.25, 0.3) is 5.91 Å². The number of likely N-dealkylation sites (tertiary alicyclic amines) is 1. The van der Waals surface area contributed by atoms with Crippen LogP contribution in [0.15, 0.2) is 0 Å². The first kappa shape index (κ1) is 18.0. The van der Waals surface area contributed by atoms with Crippen LogP contribution in [0, 0.1) is 0 Å². The molecule has 27 heavy (non-hydrogen) atoms. The Morgan fingerprint density at radius 3 is 2.52 bits per heavy atom. The summed E-state index contributed by atoms with van der Waals surface area (Å²) < 4.78 is 1.78. The largest absolute Gasteiger partial charge is 0.353 e. The SMILES string of the molecule is Cn1nc(C(=O)N2CCCC2)c2c1CCN(C(=O)CCC(=O)NC1CC1)C2. The van der Waals surface area contributed by atoms with Crippen molar-refractivity contribution in [1.29, 1.82) is 0 Å². The second-order valence-electron chi connectivity index (χ2n) is 7.80. The molecule has 0 bridgehead atoms. The van der Waals surface area contributed by atoms with E-state index in [1.54, 1.807) is 9.58 Å². The minimum Gasteiger partial charge on any atom is -0.353 e. The molecule has 1 saturated heterocycles. The van der Waals surface area contributed by atoms with Gasteiger partial charge in [-0.2, -0.15) is 5.10 Å². The molecule has 1 aliphatic carbocycles. The van der Waals surface area contributed by atoms with Crippen molar-refractivity contribution in [2.75, 3.05) is 19.6 Å². The van der Waals surface area contributed by atoms with Gasteiger partial charge < -0.3 is 15.1 Å². The Morgan fingerprint density at radius 1 is 1.07 bits per heavy atom. The van der Waals surface area contributed by atoms with E-state index in [1.165, 1.54) is 0 Å². The van der Waals surface area contributed by atoms with Gasteiger partial charge in [-0.3, -0.25) is 19.1 Å². The zero-order valence-corrected chi connectivity index (χ0v) is 15.9. The van der Waals surface area contributed by atoms with Gasteiger partial charge in [0.05, 0.1) is 0 Å². The normalized spacial score (nSPS) is 19.1. The van der Waals surface area contributed by atoms with Crippen molar-refractivity contribution in [3.63, 3.8) is 0 Å². The van der Waals surface area contributed by atoms with Crippen LogP contribution < -0.4 is 5.32 Å². The Balaban J connectivity index is 1.41. The summed E-state index contributed by atoms with van der Waals surface area (Å²) in [6, 6.07) is 0.319. The highest BCUT2D eigenvalue weighted by Crippen LogP contribution is 2.25. The second kappa shape index (κ2) is 7.32. The van der Waals surface area contributed by atoms with Crippen LogP contribution in [0.25, 0.3) is 0 Å². The van der Waals surface area contributed by atoms with Gasteiger partial charge in [0.1, 0.15) is 0 Å². The minimum absolute atomic E-state index is 0.0255. The van der Waals surface area contributed by atoms with E-state index in [9.17, 15) is 14.4 Å². The first-order valence-electron chi connectivity index (χ1n) is 9.94. The minimum atomic E-state index is -0.0465. The van der Waals surface area contributed by atoms with E-state index < -0.39 is 0 Å². The predicted molar refractivity (Wildman–Crippen MR) is 97.9 cm³/mol. The van der Waals surface area contributed by atoms with E-state index in [0.29, 0.717) is 31.2 Å². The molecule has 0 atom stereocenters. The highest BCUT2D eigenvalue weighted by molar-refractivity contribution is 5.94. The van der Waals surface area contributed by atoms with E-state index in [4.69, 9.17) is 0 Å². The van der Waals surface area contributed by atoms with Crippen molar-refractivity contribution in [3.05, 3.63) is 17.0 Å². The quantitative estimate of drug-likeness (QED) is 0.819. The first-order chi connectivity index (χ1) is 13.0. The van der Waals surface area contributed by atoms with E-state index in [1.807, 2.05) is 11.9 Å². The van der Waals surface area contributed by atoms with Crippen molar-refractivity contribution in [1.82, 2.24) is 24.9 Å². The summed E-state index contributed by atoms with van der Waals surface area (Å²) in [5, 5.41) is 7.38. The van der Waals surface area contributed by atoms with Crippen LogP contribution in [0.2, 0.25) is 0 Å². The average molecular weight is 373 g/mol. The van der Waals surface area contributed by atoms with Crippen LogP contribution in [-0.2, 0) is 29.6 Å². The summed E-state index contributed by atoms with van der Waals surface area (Å²) >= 11 is 0. The molecule has 2 aliphatic heterocycles. The first-order valence-corrected chi connectivity index (χ1v) is 9.94. The van der Waals surface area contributed by atoms with Crippen molar-refractivity contribution < 1.29 is 14.4 Å². The predicted octanol–water partition coefficient (Wildman–Crippen LogP) is 0.600. The molecule has 1 aromatic heterocycles. The van der Waals surface area contributed by atoms with Crippen molar-refractivity contribution in [2.45, 2.75) is 57.5 Å². The number of nitrogens with zero attached hydrogens (tertiary/aromatic N) is 4. The topological polar surface area (TPSA) is 87.5 Å². The molecular weight excluding hydrogens is 346 g/mol. The summed E-state index contributed by atoms with van der Waals surface area (Å²) in [7, 11) is 1.86. The van der Waals surface area contributed by atoms with Crippen molar-refractivity contribution in [3.8, 4) is 0 Å². The van der Waals surface area contributed by atoms with Gasteiger partial charge in [0, 0.05) is 69.8 Å². The summed E-state index contributed by atoms with van der Waals surface area (Å²) in [6.07, 6.45) is 5.29. The highest BCUT2D eigenvalue weighted by atomic mass is 16.2. The Bertz CT molecular complexity index is 762. The van der Waals surface area contributed by atoms with Crippen molar-refractivity contribution in [2.24, 2.45) is 7.05 Å². The van der Waals surface area contributed by atoms with E-state index >= 15 is 0 Å². The molecule has 8 heteroatoms. The number of hydrogen-bond acceptors (Lipinski definition) is 4. The Kier molecular flexibility index (Phi) is 4.88. The fourth-order valence-corrected chi connectivity index (χ4v) is 3.95. The molecule has 8 nitrogen and oxygen atoms in total. The smallest absolute Gasteiger partial charge is 0.274 e. The van der Waals surface area contributed by atoms with Gasteiger partial charge in [-0.25, -0.2) is 0 Å². The van der Waals surface area contributed by atoms with Crippen LogP contribution in [-0.4, -0.2) is 63.0 Å². The lowest BCUT2D eigenvalue weighted by Crippen LogP contribution is -2.38. The zero-order chi connectivity index (χ0) is 19.0. The number of aryl methyl sites for hydroxylation is 1. The Hall–Kier alpha value is -2.38. The molecule has 0 aromatic carbocycles. The number of rotatable bonds is 5. The number of amides is 3. The number of carbonyl (C=O) groups is 3. The van der Waals surface area contributed by atoms with E-state index in [-0.39, 0.29) is 30.6 Å². The maximum Gasteiger partial charge on any atom is 0.274 e. The van der Waals surface area contributed by atoms with Gasteiger partial charge in [-0.15, -0.1) is 0 Å². The van der Waals surface area contributed by atoms with Gasteiger partial charge in [0.15, 0.2) is 5.69 Å². The van der Waals surface area contributed by atoms with Gasteiger partial charge in [-0.05, 0) is 25.7 Å². The van der Waals surface area contributed by atoms with Gasteiger partial charge in [0.2, 0.25) is 11.8 Å². The van der Waals surface area contributed by atoms with Crippen LogP contribution in [0.5, 0.6) is 0 Å².